The molecule has 2 aliphatic heterocycles. The Morgan fingerprint density at radius 2 is 1.90 bits per heavy atom. The minimum absolute atomic E-state index is 0.0517. The number of nitrogens with zero attached hydrogens (tertiary/aromatic N) is 4. The second-order valence-electron chi connectivity index (χ2n) is 7.98. The van der Waals surface area contributed by atoms with E-state index in [0.29, 0.717) is 18.0 Å². The molecule has 1 aromatic heterocycles. The van der Waals surface area contributed by atoms with Gasteiger partial charge in [-0.25, -0.2) is 4.39 Å². The molecule has 2 aromatic carbocycles. The highest BCUT2D eigenvalue weighted by molar-refractivity contribution is 5.97. The Kier molecular flexibility index (Phi) is 4.55. The second kappa shape index (κ2) is 7.40. The first kappa shape index (κ1) is 19.1. The number of hydrogen-bond acceptors (Lipinski definition) is 5. The van der Waals surface area contributed by atoms with Crippen molar-refractivity contribution in [2.75, 3.05) is 11.9 Å². The summed E-state index contributed by atoms with van der Waals surface area (Å²) < 4.78 is 13.2. The Hall–Kier alpha value is -3.92. The normalized spacial score (nSPS) is 21.4. The number of carbonyl (C=O) groups excluding carboxylic acids is 1. The molecule has 0 aliphatic carbocycles. The maximum atomic E-state index is 13.2. The van der Waals surface area contributed by atoms with Crippen LogP contribution in [0.1, 0.15) is 17.3 Å². The number of hydrogen-bond donors (Lipinski definition) is 1. The molecule has 3 atom stereocenters. The van der Waals surface area contributed by atoms with Gasteiger partial charge in [-0.05, 0) is 53.9 Å². The molecule has 0 radical (unpaired) electrons. The van der Waals surface area contributed by atoms with Crippen molar-refractivity contribution in [2.24, 2.45) is 5.92 Å². The van der Waals surface area contributed by atoms with Crippen LogP contribution in [-0.2, 0) is 0 Å². The molecule has 7 heteroatoms. The zero-order valence-electron chi connectivity index (χ0n) is 16.9. The molecule has 154 valence electrons. The minimum Gasteiger partial charge on any atom is -0.355 e. The van der Waals surface area contributed by atoms with Crippen molar-refractivity contribution in [2.45, 2.75) is 19.1 Å². The standard InChI is InChI=1S/C24H20FN5O/c1-15-13-29(14-26)23-22(15)30(23)24(31)17-4-2-16(3-5-17)20-12-27-11-10-21(20)28-19-8-6-18(25)7-9-19/h2-12,15,22-23H,13H2,1H3,(H,27,28)/t15?,22-,23?,30?/m1/s1. The first-order valence-corrected chi connectivity index (χ1v) is 10.1. The van der Waals surface area contributed by atoms with E-state index in [1.165, 1.54) is 12.1 Å². The maximum absolute atomic E-state index is 13.2. The predicted octanol–water partition coefficient (Wildman–Crippen LogP) is 4.21. The predicted molar refractivity (Wildman–Crippen MR) is 115 cm³/mol. The lowest BCUT2D eigenvalue weighted by atomic mass is 10.0. The number of amides is 1. The second-order valence-corrected chi connectivity index (χ2v) is 7.98. The summed E-state index contributed by atoms with van der Waals surface area (Å²) in [4.78, 5) is 20.6. The van der Waals surface area contributed by atoms with Gasteiger partial charge >= 0.3 is 0 Å². The highest BCUT2D eigenvalue weighted by Gasteiger charge is 2.61. The van der Waals surface area contributed by atoms with Gasteiger partial charge in [-0.2, -0.15) is 5.26 Å². The number of aromatic nitrogens is 1. The third-order valence-electron chi connectivity index (χ3n) is 5.96. The molecule has 3 heterocycles. The van der Waals surface area contributed by atoms with Gasteiger partial charge in [-0.15, -0.1) is 0 Å². The number of carbonyl (C=O) groups is 1. The average Bonchev–Trinajstić information content (AvgIpc) is 3.46. The molecule has 0 bridgehead atoms. The number of anilines is 2. The van der Waals surface area contributed by atoms with Gasteiger partial charge in [0.1, 0.15) is 12.0 Å². The zero-order valence-corrected chi connectivity index (χ0v) is 16.9. The third-order valence-corrected chi connectivity index (χ3v) is 5.96. The van der Waals surface area contributed by atoms with Gasteiger partial charge in [-0.1, -0.05) is 19.1 Å². The van der Waals surface area contributed by atoms with E-state index in [-0.39, 0.29) is 23.9 Å². The molecule has 1 N–H and O–H groups in total. The first-order chi connectivity index (χ1) is 15.1. The van der Waals surface area contributed by atoms with Gasteiger partial charge in [0.05, 0.1) is 6.04 Å². The molecule has 2 aliphatic rings. The lowest BCUT2D eigenvalue weighted by molar-refractivity contribution is 0.0816. The molecular formula is C24H20FN5O. The van der Waals surface area contributed by atoms with Crippen molar-refractivity contribution in [3.8, 4) is 17.3 Å². The number of likely N-dealkylation sites (tertiary alicyclic amines) is 1. The van der Waals surface area contributed by atoms with Crippen molar-refractivity contribution in [1.29, 1.82) is 5.26 Å². The minimum atomic E-state index is -0.288. The molecular weight excluding hydrogens is 393 g/mol. The number of pyridine rings is 1. The third kappa shape index (κ3) is 3.36. The molecule has 31 heavy (non-hydrogen) atoms. The first-order valence-electron chi connectivity index (χ1n) is 10.1. The SMILES string of the molecule is CC1CN(C#N)C2[C@@H]1N2C(=O)c1ccc(-c2cnccc2Nc2ccc(F)cc2)cc1. The monoisotopic (exact) mass is 413 g/mol. The maximum Gasteiger partial charge on any atom is 0.255 e. The van der Waals surface area contributed by atoms with Crippen molar-refractivity contribution in [3.05, 3.63) is 78.4 Å². The summed E-state index contributed by atoms with van der Waals surface area (Å²) in [5.41, 5.74) is 3.98. The van der Waals surface area contributed by atoms with Crippen LogP contribution in [0.15, 0.2) is 67.0 Å². The van der Waals surface area contributed by atoms with Crippen LogP contribution in [0.25, 0.3) is 11.1 Å². The fourth-order valence-corrected chi connectivity index (χ4v) is 4.38. The van der Waals surface area contributed by atoms with Crippen LogP contribution in [0.2, 0.25) is 0 Å². The Balaban J connectivity index is 1.36. The quantitative estimate of drug-likeness (QED) is 0.512. The van der Waals surface area contributed by atoms with Crippen LogP contribution in [-0.4, -0.2) is 39.4 Å². The summed E-state index contributed by atoms with van der Waals surface area (Å²) in [5, 5.41) is 12.6. The summed E-state index contributed by atoms with van der Waals surface area (Å²) in [6.07, 6.45) is 5.53. The van der Waals surface area contributed by atoms with Crippen LogP contribution >= 0.6 is 0 Å². The van der Waals surface area contributed by atoms with E-state index in [1.54, 1.807) is 34.3 Å². The number of halogens is 1. The Morgan fingerprint density at radius 3 is 2.61 bits per heavy atom. The van der Waals surface area contributed by atoms with Crippen LogP contribution in [0.4, 0.5) is 15.8 Å². The Bertz CT molecular complexity index is 1170. The lowest BCUT2D eigenvalue weighted by Gasteiger charge is -2.17. The van der Waals surface area contributed by atoms with Crippen LogP contribution in [0.3, 0.4) is 0 Å². The van der Waals surface area contributed by atoms with E-state index in [2.05, 4.69) is 23.4 Å². The number of nitriles is 1. The lowest BCUT2D eigenvalue weighted by Crippen LogP contribution is -2.30. The smallest absolute Gasteiger partial charge is 0.255 e. The number of fused-ring (bicyclic) bond motifs is 1. The van der Waals surface area contributed by atoms with Gasteiger partial charge < -0.3 is 10.2 Å². The van der Waals surface area contributed by atoms with E-state index in [4.69, 9.17) is 0 Å². The number of nitrogens with one attached hydrogen (secondary N) is 1. The van der Waals surface area contributed by atoms with Gasteiger partial charge in [0.15, 0.2) is 6.19 Å². The van der Waals surface area contributed by atoms with E-state index in [0.717, 1.165) is 22.5 Å². The molecule has 2 unspecified atom stereocenters. The molecule has 0 saturated carbocycles. The highest BCUT2D eigenvalue weighted by atomic mass is 19.1. The largest absolute Gasteiger partial charge is 0.355 e. The van der Waals surface area contributed by atoms with Crippen molar-refractivity contribution in [3.63, 3.8) is 0 Å². The van der Waals surface area contributed by atoms with Gasteiger partial charge in [0.25, 0.3) is 5.91 Å². The van der Waals surface area contributed by atoms with Crippen molar-refractivity contribution in [1.82, 2.24) is 14.8 Å². The molecule has 5 rings (SSSR count). The molecule has 3 aromatic rings. The fourth-order valence-electron chi connectivity index (χ4n) is 4.38. The molecule has 2 saturated heterocycles. The van der Waals surface area contributed by atoms with Crippen LogP contribution in [0, 0.1) is 23.2 Å². The number of benzene rings is 2. The molecule has 0 spiro atoms. The summed E-state index contributed by atoms with van der Waals surface area (Å²) in [5.74, 6) is -0.0452. The average molecular weight is 413 g/mol. The molecule has 6 nitrogen and oxygen atoms in total. The molecule has 2 fully saturated rings. The molecule has 1 amide bonds. The summed E-state index contributed by atoms with van der Waals surface area (Å²) >= 11 is 0. The fraction of sp³-hybridized carbons (Fsp3) is 0.208. The van der Waals surface area contributed by atoms with Crippen LogP contribution in [0.5, 0.6) is 0 Å². The van der Waals surface area contributed by atoms with Crippen molar-refractivity contribution >= 4 is 17.3 Å². The summed E-state index contributed by atoms with van der Waals surface area (Å²) in [6.45, 7) is 2.78. The Labute approximate surface area is 179 Å². The Morgan fingerprint density at radius 1 is 1.16 bits per heavy atom. The zero-order chi connectivity index (χ0) is 21.5. The van der Waals surface area contributed by atoms with E-state index >= 15 is 0 Å². The summed E-state index contributed by atoms with van der Waals surface area (Å²) in [7, 11) is 0. The number of rotatable bonds is 4. The highest BCUT2D eigenvalue weighted by Crippen LogP contribution is 2.44. The van der Waals surface area contributed by atoms with Gasteiger partial charge in [0.2, 0.25) is 0 Å². The van der Waals surface area contributed by atoms with E-state index in [1.807, 2.05) is 30.3 Å². The van der Waals surface area contributed by atoms with Crippen molar-refractivity contribution < 1.29 is 9.18 Å². The van der Waals surface area contributed by atoms with Crippen LogP contribution < -0.4 is 5.32 Å². The van der Waals surface area contributed by atoms with Gasteiger partial charge in [-0.3, -0.25) is 14.7 Å². The van der Waals surface area contributed by atoms with E-state index < -0.39 is 0 Å². The topological polar surface area (TPSA) is 72.0 Å². The summed E-state index contributed by atoms with van der Waals surface area (Å²) in [6, 6.07) is 15.5. The van der Waals surface area contributed by atoms with Gasteiger partial charge in [0, 0.05) is 41.4 Å². The van der Waals surface area contributed by atoms with E-state index in [9.17, 15) is 14.4 Å².